The quantitative estimate of drug-likeness (QED) is 0.204. The smallest absolute Gasteiger partial charge is 0.373 e. The van der Waals surface area contributed by atoms with Gasteiger partial charge in [-0.1, -0.05) is 11.2 Å². The summed E-state index contributed by atoms with van der Waals surface area (Å²) in [6, 6.07) is -1.63. The second-order valence-electron chi connectivity index (χ2n) is 5.53. The van der Waals surface area contributed by atoms with Gasteiger partial charge in [-0.2, -0.15) is 5.06 Å². The van der Waals surface area contributed by atoms with Crippen molar-refractivity contribution in [3.05, 3.63) is 12.7 Å². The van der Waals surface area contributed by atoms with Crippen LogP contribution in [0, 0.1) is 0 Å². The maximum absolute atomic E-state index is 12.4. The van der Waals surface area contributed by atoms with Crippen molar-refractivity contribution >= 4 is 24.7 Å². The lowest BCUT2D eigenvalue weighted by Gasteiger charge is -2.28. The summed E-state index contributed by atoms with van der Waals surface area (Å²) in [5.74, 6) is -0.601. The zero-order valence-corrected chi connectivity index (χ0v) is 13.6. The van der Waals surface area contributed by atoms with Gasteiger partial charge < -0.3 is 25.7 Å². The Morgan fingerprint density at radius 3 is 3.04 bits per heavy atom. The summed E-state index contributed by atoms with van der Waals surface area (Å²) in [4.78, 5) is 36.0. The fourth-order valence-corrected chi connectivity index (χ4v) is 2.62. The first kappa shape index (κ1) is 18.2. The second-order valence-corrected chi connectivity index (χ2v) is 5.53. The molecule has 2 bridgehead atoms. The van der Waals surface area contributed by atoms with Gasteiger partial charge in [0, 0.05) is 13.0 Å². The molecule has 2 saturated heterocycles. The van der Waals surface area contributed by atoms with E-state index in [1.807, 2.05) is 0 Å². The lowest BCUT2D eigenvalue weighted by atomic mass is 9.89. The van der Waals surface area contributed by atoms with Crippen LogP contribution in [0.1, 0.15) is 6.42 Å². The zero-order chi connectivity index (χ0) is 17.7. The largest absolute Gasteiger partial charge is 0.437 e. The molecule has 3 amide bonds. The number of nitrogens with two attached hydrogens (primary N) is 1. The molecule has 2 heterocycles. The number of fused-ring (bicyclic) bond motifs is 2. The van der Waals surface area contributed by atoms with Crippen LogP contribution in [0.15, 0.2) is 17.8 Å². The van der Waals surface area contributed by atoms with E-state index in [1.54, 1.807) is 6.82 Å². The highest BCUT2D eigenvalue weighted by Crippen LogP contribution is 2.28. The van der Waals surface area contributed by atoms with Crippen LogP contribution in [0.2, 0.25) is 6.82 Å². The van der Waals surface area contributed by atoms with Gasteiger partial charge in [-0.15, -0.1) is 6.58 Å². The Bertz CT molecular complexity index is 529. The number of piperidine rings is 1. The van der Waals surface area contributed by atoms with Crippen LogP contribution in [-0.4, -0.2) is 78.1 Å². The molecule has 10 nitrogen and oxygen atoms in total. The Kier molecular flexibility index (Phi) is 6.18. The van der Waals surface area contributed by atoms with E-state index in [0.29, 0.717) is 12.3 Å². The van der Waals surface area contributed by atoms with Crippen molar-refractivity contribution in [1.29, 1.82) is 0 Å². The summed E-state index contributed by atoms with van der Waals surface area (Å²) in [6.45, 7) is 6.19. The Balaban J connectivity index is 2.06. The number of amides is 3. The molecule has 2 aliphatic rings. The molecule has 11 heteroatoms. The van der Waals surface area contributed by atoms with Gasteiger partial charge in [-0.05, 0) is 6.82 Å². The highest BCUT2D eigenvalue weighted by molar-refractivity contribution is 6.45. The standard InChI is InChI=1S/C13H22BN5O5/c1-3-5-24-19-11-8-18(13(19)21)10(12(15)20)7-9(11)17-23-6-4-16-14(2)22/h3,10-11,16,22H,1,4-8H2,2H3,(H2,15,20)/b17-9-/t10-,11-/m0/s1. The van der Waals surface area contributed by atoms with Crippen molar-refractivity contribution in [2.24, 2.45) is 10.9 Å². The molecule has 132 valence electrons. The van der Waals surface area contributed by atoms with E-state index in [-0.39, 0.29) is 26.2 Å². The predicted molar refractivity (Wildman–Crippen MR) is 86.7 cm³/mol. The third-order valence-corrected chi connectivity index (χ3v) is 3.73. The van der Waals surface area contributed by atoms with Crippen molar-refractivity contribution < 1.29 is 24.3 Å². The molecule has 0 aliphatic carbocycles. The summed E-state index contributed by atoms with van der Waals surface area (Å²) < 4.78 is 0. The summed E-state index contributed by atoms with van der Waals surface area (Å²) in [5.41, 5.74) is 5.91. The molecule has 2 aliphatic heterocycles. The van der Waals surface area contributed by atoms with Crippen LogP contribution < -0.4 is 11.0 Å². The number of hydroxylamine groups is 2. The van der Waals surface area contributed by atoms with Gasteiger partial charge in [0.15, 0.2) is 0 Å². The van der Waals surface area contributed by atoms with Crippen LogP contribution >= 0.6 is 0 Å². The van der Waals surface area contributed by atoms with E-state index < -0.39 is 31.1 Å². The van der Waals surface area contributed by atoms with Crippen molar-refractivity contribution in [1.82, 2.24) is 15.2 Å². The van der Waals surface area contributed by atoms with Crippen LogP contribution in [-0.2, 0) is 14.5 Å². The number of urea groups is 1. The van der Waals surface area contributed by atoms with E-state index in [9.17, 15) is 9.59 Å². The van der Waals surface area contributed by atoms with Gasteiger partial charge in [0.25, 0.3) is 0 Å². The molecule has 2 fully saturated rings. The number of rotatable bonds is 9. The zero-order valence-electron chi connectivity index (χ0n) is 13.6. The lowest BCUT2D eigenvalue weighted by Crippen LogP contribution is -2.51. The molecule has 0 unspecified atom stereocenters. The van der Waals surface area contributed by atoms with Crippen molar-refractivity contribution in [2.45, 2.75) is 25.3 Å². The van der Waals surface area contributed by atoms with Gasteiger partial charge >= 0.3 is 13.1 Å². The Hall–Kier alpha value is -2.11. The van der Waals surface area contributed by atoms with E-state index in [4.69, 9.17) is 20.4 Å². The SMILES string of the molecule is C=CCON1C(=O)N2C[C@H]1/C(=N\OCCNB(C)O)C[C@H]2C(N)=O. The first-order chi connectivity index (χ1) is 11.5. The number of hydrogen-bond donors (Lipinski definition) is 3. The third kappa shape index (κ3) is 4.05. The molecule has 0 aromatic heterocycles. The van der Waals surface area contributed by atoms with Crippen LogP contribution in [0.5, 0.6) is 0 Å². The molecule has 0 spiro atoms. The second kappa shape index (κ2) is 8.13. The highest BCUT2D eigenvalue weighted by Gasteiger charge is 2.51. The maximum Gasteiger partial charge on any atom is 0.373 e. The van der Waals surface area contributed by atoms with Crippen LogP contribution in [0.4, 0.5) is 4.79 Å². The Labute approximate surface area is 140 Å². The molecular formula is C13H22BN5O5. The van der Waals surface area contributed by atoms with Crippen LogP contribution in [0.25, 0.3) is 0 Å². The van der Waals surface area contributed by atoms with Gasteiger partial charge in [0.05, 0.1) is 18.9 Å². The molecule has 0 radical (unpaired) electrons. The van der Waals surface area contributed by atoms with Crippen molar-refractivity contribution in [2.75, 3.05) is 26.3 Å². The van der Waals surface area contributed by atoms with Crippen LogP contribution in [0.3, 0.4) is 0 Å². The molecule has 2 atom stereocenters. The average molecular weight is 339 g/mol. The van der Waals surface area contributed by atoms with E-state index >= 15 is 0 Å². The summed E-state index contributed by atoms with van der Waals surface area (Å²) in [7, 11) is -0.640. The summed E-state index contributed by atoms with van der Waals surface area (Å²) in [5, 5.41) is 17.1. The van der Waals surface area contributed by atoms with Gasteiger partial charge in [-0.25, -0.2) is 4.79 Å². The third-order valence-electron chi connectivity index (χ3n) is 3.73. The van der Waals surface area contributed by atoms with E-state index in [1.165, 1.54) is 16.0 Å². The summed E-state index contributed by atoms with van der Waals surface area (Å²) >= 11 is 0. The van der Waals surface area contributed by atoms with E-state index in [2.05, 4.69) is 17.0 Å². The van der Waals surface area contributed by atoms with Gasteiger partial charge in [-0.3, -0.25) is 9.63 Å². The number of carbonyl (C=O) groups excluding carboxylic acids is 2. The maximum atomic E-state index is 12.4. The minimum Gasteiger partial charge on any atom is -0.437 e. The molecule has 0 aromatic carbocycles. The molecule has 24 heavy (non-hydrogen) atoms. The molecular weight excluding hydrogens is 317 g/mol. The number of primary amides is 1. The minimum atomic E-state index is -0.774. The lowest BCUT2D eigenvalue weighted by molar-refractivity contribution is -0.122. The molecule has 0 aromatic rings. The molecule has 0 saturated carbocycles. The molecule has 2 rings (SSSR count). The van der Waals surface area contributed by atoms with E-state index in [0.717, 1.165) is 0 Å². The van der Waals surface area contributed by atoms with Crippen molar-refractivity contribution in [3.8, 4) is 0 Å². The Morgan fingerprint density at radius 2 is 2.42 bits per heavy atom. The number of oxime groups is 1. The predicted octanol–water partition coefficient (Wildman–Crippen LogP) is -1.46. The minimum absolute atomic E-state index is 0.157. The van der Waals surface area contributed by atoms with Gasteiger partial charge in [0.1, 0.15) is 18.7 Å². The fraction of sp³-hybridized carbons (Fsp3) is 0.615. The van der Waals surface area contributed by atoms with Gasteiger partial charge in [0.2, 0.25) is 5.91 Å². The number of hydrogen-bond acceptors (Lipinski definition) is 7. The normalized spacial score (nSPS) is 24.4. The summed E-state index contributed by atoms with van der Waals surface area (Å²) in [6.07, 6.45) is 1.72. The number of nitrogens with zero attached hydrogens (tertiary/aromatic N) is 3. The Morgan fingerprint density at radius 1 is 1.67 bits per heavy atom. The fourth-order valence-electron chi connectivity index (χ4n) is 2.62. The first-order valence-electron chi connectivity index (χ1n) is 7.68. The monoisotopic (exact) mass is 339 g/mol. The number of carbonyl (C=O) groups is 2. The number of nitrogens with one attached hydrogen (secondary N) is 1. The highest BCUT2D eigenvalue weighted by atomic mass is 16.7. The average Bonchev–Trinajstić information content (AvgIpc) is 2.79. The van der Waals surface area contributed by atoms with Crippen molar-refractivity contribution in [3.63, 3.8) is 0 Å². The first-order valence-corrected chi connectivity index (χ1v) is 7.68. The topological polar surface area (TPSA) is 130 Å². The molecule has 4 N–H and O–H groups in total.